The molecule has 0 saturated heterocycles. The average molecular weight is 217 g/mol. The Labute approximate surface area is 90.0 Å². The molecule has 0 spiro atoms. The van der Waals surface area contributed by atoms with Crippen molar-refractivity contribution in [3.8, 4) is 0 Å². The molecule has 15 heavy (non-hydrogen) atoms. The van der Waals surface area contributed by atoms with Crippen molar-refractivity contribution in [2.75, 3.05) is 13.2 Å². The van der Waals surface area contributed by atoms with Crippen LogP contribution in [0.25, 0.3) is 0 Å². The number of amides is 1. The zero-order valence-corrected chi connectivity index (χ0v) is 9.69. The van der Waals surface area contributed by atoms with Gasteiger partial charge in [0.05, 0.1) is 6.61 Å². The van der Waals surface area contributed by atoms with Crippen molar-refractivity contribution in [2.45, 2.75) is 33.7 Å². The smallest absolute Gasteiger partial charge is 0.410 e. The maximum atomic E-state index is 11.5. The third-order valence-electron chi connectivity index (χ3n) is 1.94. The van der Waals surface area contributed by atoms with E-state index in [1.807, 2.05) is 13.8 Å². The number of ether oxygens (including phenoxy) is 1. The van der Waals surface area contributed by atoms with Crippen LogP contribution >= 0.6 is 0 Å². The summed E-state index contributed by atoms with van der Waals surface area (Å²) in [6, 6.07) is -0.852. The van der Waals surface area contributed by atoms with Gasteiger partial charge in [-0.3, -0.25) is 4.90 Å². The van der Waals surface area contributed by atoms with E-state index in [1.165, 1.54) is 11.8 Å². The molecule has 88 valence electrons. The number of likely N-dealkylation sites (N-methyl/N-ethyl adjacent to an activating group) is 1. The number of carboxylic acids is 1. The second kappa shape index (κ2) is 6.27. The van der Waals surface area contributed by atoms with Gasteiger partial charge < -0.3 is 9.84 Å². The fourth-order valence-electron chi connectivity index (χ4n) is 1.02. The molecule has 0 rings (SSSR count). The maximum Gasteiger partial charge on any atom is 0.410 e. The fraction of sp³-hybridized carbons (Fsp3) is 0.800. The number of carbonyl (C=O) groups is 2. The quantitative estimate of drug-likeness (QED) is 0.759. The van der Waals surface area contributed by atoms with Gasteiger partial charge in [0.1, 0.15) is 6.04 Å². The lowest BCUT2D eigenvalue weighted by atomic mass is 10.2. The molecule has 0 aliphatic carbocycles. The van der Waals surface area contributed by atoms with Crippen molar-refractivity contribution >= 4 is 12.1 Å². The van der Waals surface area contributed by atoms with Crippen LogP contribution in [0, 0.1) is 5.92 Å². The molecule has 0 aromatic heterocycles. The highest BCUT2D eigenvalue weighted by atomic mass is 16.6. The first-order valence-corrected chi connectivity index (χ1v) is 5.06. The largest absolute Gasteiger partial charge is 0.480 e. The van der Waals surface area contributed by atoms with E-state index >= 15 is 0 Å². The number of carbonyl (C=O) groups excluding carboxylic acids is 1. The van der Waals surface area contributed by atoms with Crippen LogP contribution in [-0.2, 0) is 9.53 Å². The average Bonchev–Trinajstić information content (AvgIpc) is 2.15. The third kappa shape index (κ3) is 4.67. The molecule has 1 N–H and O–H groups in total. The summed E-state index contributed by atoms with van der Waals surface area (Å²) >= 11 is 0. The van der Waals surface area contributed by atoms with Crippen LogP contribution in [0.15, 0.2) is 0 Å². The van der Waals surface area contributed by atoms with E-state index in [2.05, 4.69) is 0 Å². The number of aliphatic carboxylic acids is 1. The summed E-state index contributed by atoms with van der Waals surface area (Å²) < 4.78 is 4.95. The highest BCUT2D eigenvalue weighted by Crippen LogP contribution is 2.04. The van der Waals surface area contributed by atoms with Gasteiger partial charge in [0.2, 0.25) is 0 Å². The lowest BCUT2D eigenvalue weighted by Gasteiger charge is -2.24. The summed E-state index contributed by atoms with van der Waals surface area (Å²) in [7, 11) is 0. The molecular formula is C10H19NO4. The molecule has 0 saturated carbocycles. The van der Waals surface area contributed by atoms with E-state index in [0.717, 1.165) is 0 Å². The minimum Gasteiger partial charge on any atom is -0.480 e. The van der Waals surface area contributed by atoms with Gasteiger partial charge in [-0.2, -0.15) is 0 Å². The van der Waals surface area contributed by atoms with Gasteiger partial charge in [0, 0.05) is 6.54 Å². The third-order valence-corrected chi connectivity index (χ3v) is 1.94. The first-order chi connectivity index (χ1) is 6.90. The number of rotatable bonds is 5. The molecule has 1 unspecified atom stereocenters. The van der Waals surface area contributed by atoms with Crippen molar-refractivity contribution in [3.63, 3.8) is 0 Å². The topological polar surface area (TPSA) is 66.8 Å². The van der Waals surface area contributed by atoms with Crippen LogP contribution in [0.2, 0.25) is 0 Å². The van der Waals surface area contributed by atoms with E-state index < -0.39 is 18.1 Å². The lowest BCUT2D eigenvalue weighted by Crippen LogP contribution is -2.43. The molecule has 0 aromatic carbocycles. The Bertz CT molecular complexity index is 227. The highest BCUT2D eigenvalue weighted by Gasteiger charge is 2.25. The van der Waals surface area contributed by atoms with Crippen molar-refractivity contribution in [1.29, 1.82) is 0 Å². The predicted molar refractivity (Wildman–Crippen MR) is 55.7 cm³/mol. The minimum absolute atomic E-state index is 0.243. The fourth-order valence-corrected chi connectivity index (χ4v) is 1.02. The van der Waals surface area contributed by atoms with Crippen LogP contribution in [0.3, 0.4) is 0 Å². The van der Waals surface area contributed by atoms with Crippen molar-refractivity contribution in [1.82, 2.24) is 4.90 Å². The van der Waals surface area contributed by atoms with Gasteiger partial charge in [-0.05, 0) is 19.8 Å². The first kappa shape index (κ1) is 13.7. The molecular weight excluding hydrogens is 198 g/mol. The Balaban J connectivity index is 4.28. The molecule has 0 bridgehead atoms. The summed E-state index contributed by atoms with van der Waals surface area (Å²) in [5.74, 6) is -0.786. The normalized spacial score (nSPS) is 12.3. The van der Waals surface area contributed by atoms with E-state index in [9.17, 15) is 9.59 Å². The Kier molecular flexibility index (Phi) is 5.74. The Morgan fingerprint density at radius 1 is 1.33 bits per heavy atom. The van der Waals surface area contributed by atoms with Gasteiger partial charge in [-0.1, -0.05) is 13.8 Å². The molecule has 0 aliphatic rings. The van der Waals surface area contributed by atoms with E-state index in [-0.39, 0.29) is 5.92 Å². The Hall–Kier alpha value is -1.26. The molecule has 0 aromatic rings. The van der Waals surface area contributed by atoms with Crippen LogP contribution in [0.4, 0.5) is 4.79 Å². The molecule has 5 heteroatoms. The molecule has 5 nitrogen and oxygen atoms in total. The van der Waals surface area contributed by atoms with Crippen LogP contribution in [0.5, 0.6) is 0 Å². The van der Waals surface area contributed by atoms with E-state index in [0.29, 0.717) is 13.2 Å². The molecule has 0 fully saturated rings. The van der Waals surface area contributed by atoms with Crippen LogP contribution in [-0.4, -0.2) is 41.3 Å². The second-order valence-electron chi connectivity index (χ2n) is 3.77. The molecule has 1 amide bonds. The number of nitrogens with zero attached hydrogens (tertiary/aromatic N) is 1. The van der Waals surface area contributed by atoms with Crippen molar-refractivity contribution < 1.29 is 19.4 Å². The molecule has 0 radical (unpaired) electrons. The maximum absolute atomic E-state index is 11.5. The predicted octanol–water partition coefficient (Wildman–Crippen LogP) is 1.57. The SMILES string of the molecule is CCN(C(=O)OCC(C)C)C(C)C(=O)O. The van der Waals surface area contributed by atoms with Gasteiger partial charge in [-0.15, -0.1) is 0 Å². The highest BCUT2D eigenvalue weighted by molar-refractivity contribution is 5.79. The number of carboxylic acid groups (broad SMARTS) is 1. The first-order valence-electron chi connectivity index (χ1n) is 5.06. The Morgan fingerprint density at radius 2 is 1.87 bits per heavy atom. The molecule has 1 atom stereocenters. The monoisotopic (exact) mass is 217 g/mol. The van der Waals surface area contributed by atoms with E-state index in [1.54, 1.807) is 6.92 Å². The van der Waals surface area contributed by atoms with E-state index in [4.69, 9.17) is 9.84 Å². The summed E-state index contributed by atoms with van der Waals surface area (Å²) in [6.45, 7) is 7.65. The number of hydrogen-bond acceptors (Lipinski definition) is 3. The van der Waals surface area contributed by atoms with Crippen LogP contribution < -0.4 is 0 Å². The van der Waals surface area contributed by atoms with Crippen molar-refractivity contribution in [3.05, 3.63) is 0 Å². The summed E-state index contributed by atoms with van der Waals surface area (Å²) in [6.07, 6.45) is -0.568. The zero-order valence-electron chi connectivity index (χ0n) is 9.69. The van der Waals surface area contributed by atoms with Crippen LogP contribution in [0.1, 0.15) is 27.7 Å². The van der Waals surface area contributed by atoms with Crippen molar-refractivity contribution in [2.24, 2.45) is 5.92 Å². The Morgan fingerprint density at radius 3 is 2.20 bits per heavy atom. The van der Waals surface area contributed by atoms with Gasteiger partial charge in [0.25, 0.3) is 0 Å². The van der Waals surface area contributed by atoms with Gasteiger partial charge in [-0.25, -0.2) is 9.59 Å². The summed E-state index contributed by atoms with van der Waals surface area (Å²) in [5, 5.41) is 8.76. The standard InChI is InChI=1S/C10H19NO4/c1-5-11(8(4)9(12)13)10(14)15-6-7(2)3/h7-8H,5-6H2,1-4H3,(H,12,13). The summed E-state index contributed by atoms with van der Waals surface area (Å²) in [4.78, 5) is 23.3. The lowest BCUT2D eigenvalue weighted by molar-refractivity contribution is -0.142. The second-order valence-corrected chi connectivity index (χ2v) is 3.77. The number of hydrogen-bond donors (Lipinski definition) is 1. The zero-order chi connectivity index (χ0) is 12.0. The van der Waals surface area contributed by atoms with Gasteiger partial charge >= 0.3 is 12.1 Å². The van der Waals surface area contributed by atoms with Gasteiger partial charge in [0.15, 0.2) is 0 Å². The minimum atomic E-state index is -1.03. The summed E-state index contributed by atoms with van der Waals surface area (Å²) in [5.41, 5.74) is 0. The molecule has 0 heterocycles. The molecule has 0 aliphatic heterocycles.